The highest BCUT2D eigenvalue weighted by Gasteiger charge is 2.12. The lowest BCUT2D eigenvalue weighted by molar-refractivity contribution is 0.127. The lowest BCUT2D eigenvalue weighted by Crippen LogP contribution is -2.26. The molecule has 0 unspecified atom stereocenters. The Bertz CT molecular complexity index is 474. The second-order valence-corrected chi connectivity index (χ2v) is 4.04. The number of hydrazone groups is 1. The Kier molecular flexibility index (Phi) is 4.97. The van der Waals surface area contributed by atoms with E-state index in [9.17, 15) is 4.79 Å². The van der Waals surface area contributed by atoms with Gasteiger partial charge in [-0.25, -0.2) is 4.79 Å². The van der Waals surface area contributed by atoms with E-state index in [-0.39, 0.29) is 0 Å². The van der Waals surface area contributed by atoms with Crippen LogP contribution in [-0.2, 0) is 4.74 Å². The normalized spacial score (nSPS) is 11.2. The molecule has 5 nitrogen and oxygen atoms in total. The first-order valence-corrected chi connectivity index (χ1v) is 5.83. The van der Waals surface area contributed by atoms with Gasteiger partial charge < -0.3 is 10.5 Å². The van der Waals surface area contributed by atoms with Crippen molar-refractivity contribution in [3.05, 3.63) is 28.8 Å². The minimum absolute atomic E-state index is 0.407. The van der Waals surface area contributed by atoms with Crippen LogP contribution in [0.2, 0.25) is 5.02 Å². The van der Waals surface area contributed by atoms with E-state index in [0.29, 0.717) is 28.5 Å². The second kappa shape index (κ2) is 6.26. The highest BCUT2D eigenvalue weighted by atomic mass is 35.5. The maximum absolute atomic E-state index is 11.4. The summed E-state index contributed by atoms with van der Waals surface area (Å²) in [5, 5.41) is 5.96. The van der Waals surface area contributed by atoms with Crippen LogP contribution in [0.5, 0.6) is 0 Å². The molecule has 0 heterocycles. The van der Waals surface area contributed by atoms with Crippen molar-refractivity contribution in [2.45, 2.75) is 13.8 Å². The first-order valence-electron chi connectivity index (χ1n) is 5.45. The highest BCUT2D eigenvalue weighted by Crippen LogP contribution is 2.19. The van der Waals surface area contributed by atoms with Crippen LogP contribution < -0.4 is 5.73 Å². The Morgan fingerprint density at radius 2 is 2.22 bits per heavy atom. The summed E-state index contributed by atoms with van der Waals surface area (Å²) in [6.07, 6.45) is -0.516. The molecule has 0 aliphatic heterocycles. The lowest BCUT2D eigenvalue weighted by Gasteiger charge is -2.15. The Hall–Kier alpha value is -1.75. The van der Waals surface area contributed by atoms with Gasteiger partial charge in [0.05, 0.1) is 12.8 Å². The second-order valence-electron chi connectivity index (χ2n) is 3.60. The third kappa shape index (κ3) is 3.37. The molecule has 0 bridgehead atoms. The molecule has 0 atom stereocenters. The van der Waals surface area contributed by atoms with E-state index in [4.69, 9.17) is 17.3 Å². The van der Waals surface area contributed by atoms with E-state index in [1.165, 1.54) is 12.1 Å². The summed E-state index contributed by atoms with van der Waals surface area (Å²) < 4.78 is 4.62. The molecule has 1 aromatic carbocycles. The number of benzene rings is 1. The number of nitrogens with two attached hydrogens (primary N) is 1. The summed E-state index contributed by atoms with van der Waals surface area (Å²) in [7, 11) is 1.31. The van der Waals surface area contributed by atoms with Gasteiger partial charge in [-0.2, -0.15) is 10.1 Å². The predicted octanol–water partition coefficient (Wildman–Crippen LogP) is 2.73. The number of hydrogen-bond acceptors (Lipinski definition) is 4. The largest absolute Gasteiger partial charge is 0.451 e. The fourth-order valence-corrected chi connectivity index (χ4v) is 1.59. The minimum Gasteiger partial charge on any atom is -0.451 e. The molecule has 0 aliphatic carbocycles. The third-order valence-corrected chi connectivity index (χ3v) is 2.60. The van der Waals surface area contributed by atoms with Gasteiger partial charge in [-0.05, 0) is 32.0 Å². The topological polar surface area (TPSA) is 67.9 Å². The quantitative estimate of drug-likeness (QED) is 0.521. The van der Waals surface area contributed by atoms with Crippen molar-refractivity contribution in [1.29, 1.82) is 0 Å². The van der Waals surface area contributed by atoms with Crippen LogP contribution in [0.4, 0.5) is 10.5 Å². The fraction of sp³-hybridized carbons (Fsp3) is 0.333. The Balaban J connectivity index is 3.07. The highest BCUT2D eigenvalue weighted by molar-refractivity contribution is 6.31. The van der Waals surface area contributed by atoms with E-state index < -0.39 is 6.09 Å². The number of nitrogen functional groups attached to an aromatic ring is 1. The maximum Gasteiger partial charge on any atom is 0.430 e. The van der Waals surface area contributed by atoms with Gasteiger partial charge in [0.15, 0.2) is 0 Å². The molecule has 6 heteroatoms. The van der Waals surface area contributed by atoms with Crippen molar-refractivity contribution >= 4 is 29.1 Å². The summed E-state index contributed by atoms with van der Waals surface area (Å²) in [6, 6.07) is 5.11. The van der Waals surface area contributed by atoms with E-state index in [1.54, 1.807) is 32.0 Å². The Morgan fingerprint density at radius 1 is 1.56 bits per heavy atom. The number of carbonyl (C=O) groups excluding carboxylic acids is 1. The van der Waals surface area contributed by atoms with Gasteiger partial charge in [0, 0.05) is 22.8 Å². The van der Waals surface area contributed by atoms with E-state index in [2.05, 4.69) is 9.84 Å². The summed E-state index contributed by atoms with van der Waals surface area (Å²) in [5.74, 6) is 0. The summed E-state index contributed by atoms with van der Waals surface area (Å²) in [6.45, 7) is 3.97. The minimum atomic E-state index is -0.516. The van der Waals surface area contributed by atoms with Gasteiger partial charge in [0.2, 0.25) is 0 Å². The summed E-state index contributed by atoms with van der Waals surface area (Å²) in [4.78, 5) is 11.4. The monoisotopic (exact) mass is 269 g/mol. The van der Waals surface area contributed by atoms with Crippen LogP contribution in [0.25, 0.3) is 0 Å². The number of ether oxygens (including phenoxy) is 1. The maximum atomic E-state index is 11.4. The third-order valence-electron chi connectivity index (χ3n) is 2.36. The van der Waals surface area contributed by atoms with Crippen molar-refractivity contribution in [2.24, 2.45) is 5.10 Å². The molecule has 0 saturated heterocycles. The van der Waals surface area contributed by atoms with Gasteiger partial charge in [-0.15, -0.1) is 0 Å². The number of halogens is 1. The number of amides is 1. The summed E-state index contributed by atoms with van der Waals surface area (Å²) in [5.41, 5.74) is 7.70. The van der Waals surface area contributed by atoms with E-state index in [0.717, 1.165) is 0 Å². The lowest BCUT2D eigenvalue weighted by atomic mass is 10.1. The molecule has 18 heavy (non-hydrogen) atoms. The molecule has 0 saturated carbocycles. The number of rotatable bonds is 3. The molecule has 1 aromatic rings. The molecule has 0 aromatic heterocycles. The zero-order valence-electron chi connectivity index (χ0n) is 10.6. The number of carbonyl (C=O) groups is 1. The number of hydrogen-bond donors (Lipinski definition) is 1. The SMILES string of the molecule is CCN(/N=C(\C)c1cc(Cl)ccc1N)C(=O)OC. The van der Waals surface area contributed by atoms with Gasteiger partial charge >= 0.3 is 6.09 Å². The van der Waals surface area contributed by atoms with Crippen LogP contribution in [-0.4, -0.2) is 30.5 Å². The molecule has 1 amide bonds. The summed E-state index contributed by atoms with van der Waals surface area (Å²) >= 11 is 5.91. The average molecular weight is 270 g/mol. The molecular formula is C12H16ClN3O2. The predicted molar refractivity (Wildman–Crippen MR) is 72.9 cm³/mol. The van der Waals surface area contributed by atoms with Crippen LogP contribution in [0.3, 0.4) is 0 Å². The number of anilines is 1. The average Bonchev–Trinajstić information content (AvgIpc) is 2.37. The zero-order chi connectivity index (χ0) is 13.7. The van der Waals surface area contributed by atoms with Gasteiger partial charge in [0.25, 0.3) is 0 Å². The molecule has 0 radical (unpaired) electrons. The number of methoxy groups -OCH3 is 1. The molecule has 0 fully saturated rings. The smallest absolute Gasteiger partial charge is 0.430 e. The Morgan fingerprint density at radius 3 is 2.78 bits per heavy atom. The van der Waals surface area contributed by atoms with Crippen LogP contribution in [0.15, 0.2) is 23.3 Å². The molecule has 1 rings (SSSR count). The van der Waals surface area contributed by atoms with Gasteiger partial charge in [-0.1, -0.05) is 11.6 Å². The molecule has 0 aliphatic rings. The first-order chi connectivity index (χ1) is 8.49. The standard InChI is InChI=1S/C12H16ClN3O2/c1-4-16(12(17)18-3)15-8(2)10-7-9(13)5-6-11(10)14/h5-7H,4,14H2,1-3H3/b15-8+. The van der Waals surface area contributed by atoms with E-state index >= 15 is 0 Å². The van der Waals surface area contributed by atoms with Gasteiger partial charge in [0.1, 0.15) is 0 Å². The van der Waals surface area contributed by atoms with Crippen LogP contribution in [0, 0.1) is 0 Å². The molecule has 2 N–H and O–H groups in total. The van der Waals surface area contributed by atoms with Gasteiger partial charge in [-0.3, -0.25) is 0 Å². The fourth-order valence-electron chi connectivity index (χ4n) is 1.42. The number of nitrogens with zero attached hydrogens (tertiary/aromatic N) is 2. The van der Waals surface area contributed by atoms with Crippen LogP contribution >= 0.6 is 11.6 Å². The Labute approximate surface area is 111 Å². The first kappa shape index (κ1) is 14.3. The van der Waals surface area contributed by atoms with Crippen LogP contribution in [0.1, 0.15) is 19.4 Å². The van der Waals surface area contributed by atoms with Crippen molar-refractivity contribution in [3.8, 4) is 0 Å². The van der Waals surface area contributed by atoms with Crippen molar-refractivity contribution in [3.63, 3.8) is 0 Å². The van der Waals surface area contributed by atoms with Crippen molar-refractivity contribution < 1.29 is 9.53 Å². The van der Waals surface area contributed by atoms with Crippen molar-refractivity contribution in [2.75, 3.05) is 19.4 Å². The molecule has 98 valence electrons. The van der Waals surface area contributed by atoms with Crippen molar-refractivity contribution in [1.82, 2.24) is 5.01 Å². The van der Waals surface area contributed by atoms with E-state index in [1.807, 2.05) is 0 Å². The zero-order valence-corrected chi connectivity index (χ0v) is 11.4. The molecular weight excluding hydrogens is 254 g/mol. The molecule has 0 spiro atoms.